The molecule has 2 fully saturated rings. The van der Waals surface area contributed by atoms with Crippen LogP contribution in [0.5, 0.6) is 0 Å². The molecule has 1 saturated heterocycles. The van der Waals surface area contributed by atoms with E-state index in [2.05, 4.69) is 5.32 Å². The van der Waals surface area contributed by atoms with Crippen molar-refractivity contribution in [2.45, 2.75) is 31.0 Å². The van der Waals surface area contributed by atoms with E-state index in [0.29, 0.717) is 12.8 Å². The highest BCUT2D eigenvalue weighted by Crippen LogP contribution is 2.37. The van der Waals surface area contributed by atoms with Gasteiger partial charge in [0.2, 0.25) is 5.91 Å². The number of rotatable bonds is 3. The molecule has 1 saturated carbocycles. The summed E-state index contributed by atoms with van der Waals surface area (Å²) >= 11 is 0. The number of carbonyl (C=O) groups is 1. The van der Waals surface area contributed by atoms with Crippen molar-refractivity contribution < 1.29 is 23.1 Å². The van der Waals surface area contributed by atoms with Crippen LogP contribution in [0.15, 0.2) is 0 Å². The fourth-order valence-corrected chi connectivity index (χ4v) is 2.74. The number of alkyl halides is 3. The molecule has 1 aliphatic carbocycles. The number of nitrogens with zero attached hydrogens (tertiary/aromatic N) is 1. The van der Waals surface area contributed by atoms with Gasteiger partial charge in [0.1, 0.15) is 0 Å². The molecule has 1 aliphatic heterocycles. The summed E-state index contributed by atoms with van der Waals surface area (Å²) in [4.78, 5) is 13.4. The van der Waals surface area contributed by atoms with Crippen LogP contribution in [0.2, 0.25) is 0 Å². The number of hydrogen-bond acceptors (Lipinski definition) is 3. The van der Waals surface area contributed by atoms with Crippen molar-refractivity contribution in [3.63, 3.8) is 0 Å². The molecule has 0 spiro atoms. The molecule has 0 bridgehead atoms. The van der Waals surface area contributed by atoms with E-state index < -0.39 is 29.5 Å². The van der Waals surface area contributed by atoms with Crippen LogP contribution in [0.1, 0.15) is 19.3 Å². The fraction of sp³-hybridized carbons (Fsp3) is 0.917. The van der Waals surface area contributed by atoms with Crippen molar-refractivity contribution in [1.29, 1.82) is 0 Å². The summed E-state index contributed by atoms with van der Waals surface area (Å²) in [6.07, 6.45) is -2.27. The Labute approximate surface area is 110 Å². The van der Waals surface area contributed by atoms with E-state index in [1.54, 1.807) is 7.05 Å². The Morgan fingerprint density at radius 3 is 2.53 bits per heavy atom. The second kappa shape index (κ2) is 4.94. The maximum absolute atomic E-state index is 12.8. The number of likely N-dealkylation sites (tertiary alicyclic amines) is 1. The minimum atomic E-state index is -4.36. The van der Waals surface area contributed by atoms with E-state index in [4.69, 9.17) is 0 Å². The zero-order valence-corrected chi connectivity index (χ0v) is 10.8. The summed E-state index contributed by atoms with van der Waals surface area (Å²) in [7, 11) is 1.57. The van der Waals surface area contributed by atoms with Gasteiger partial charge in [0.25, 0.3) is 0 Å². The highest BCUT2D eigenvalue weighted by molar-refractivity contribution is 5.79. The summed E-state index contributed by atoms with van der Waals surface area (Å²) in [5.41, 5.74) is -0.909. The Morgan fingerprint density at radius 2 is 2.05 bits per heavy atom. The molecule has 19 heavy (non-hydrogen) atoms. The molecular formula is C12H19F3N2O2. The zero-order chi connectivity index (χ0) is 14.3. The van der Waals surface area contributed by atoms with E-state index in [-0.39, 0.29) is 19.6 Å². The lowest BCUT2D eigenvalue weighted by Crippen LogP contribution is -2.50. The molecule has 0 aromatic rings. The Morgan fingerprint density at radius 1 is 1.42 bits per heavy atom. The molecule has 1 amide bonds. The first kappa shape index (κ1) is 14.6. The number of aliphatic hydroxyl groups is 1. The maximum atomic E-state index is 12.8. The third-order valence-electron chi connectivity index (χ3n) is 4.14. The van der Waals surface area contributed by atoms with Gasteiger partial charge in [0.15, 0.2) is 0 Å². The highest BCUT2D eigenvalue weighted by atomic mass is 19.4. The topological polar surface area (TPSA) is 52.6 Å². The van der Waals surface area contributed by atoms with Crippen molar-refractivity contribution in [3.05, 3.63) is 0 Å². The van der Waals surface area contributed by atoms with Gasteiger partial charge < -0.3 is 15.3 Å². The second-order valence-electron chi connectivity index (χ2n) is 5.77. The average Bonchev–Trinajstić information content (AvgIpc) is 2.65. The molecule has 0 aromatic carbocycles. The lowest BCUT2D eigenvalue weighted by molar-refractivity contribution is -0.183. The van der Waals surface area contributed by atoms with Gasteiger partial charge >= 0.3 is 6.18 Å². The Kier molecular flexibility index (Phi) is 3.79. The van der Waals surface area contributed by atoms with E-state index in [1.165, 1.54) is 4.90 Å². The van der Waals surface area contributed by atoms with Crippen LogP contribution in [0.4, 0.5) is 13.2 Å². The predicted molar refractivity (Wildman–Crippen MR) is 62.3 cm³/mol. The predicted octanol–water partition coefficient (Wildman–Crippen LogP) is 0.758. The normalized spacial score (nSPS) is 31.0. The van der Waals surface area contributed by atoms with Gasteiger partial charge in [-0.2, -0.15) is 13.2 Å². The number of hydrogen-bond donors (Lipinski definition) is 2. The van der Waals surface area contributed by atoms with E-state index >= 15 is 0 Å². The van der Waals surface area contributed by atoms with Gasteiger partial charge in [0, 0.05) is 19.6 Å². The number of halogens is 3. The first-order valence-electron chi connectivity index (χ1n) is 6.47. The minimum absolute atomic E-state index is 0.0522. The van der Waals surface area contributed by atoms with Crippen molar-refractivity contribution >= 4 is 5.91 Å². The summed E-state index contributed by atoms with van der Waals surface area (Å²) in [6.45, 7) is 0.0108. The summed E-state index contributed by atoms with van der Waals surface area (Å²) in [6, 6.07) is 0. The quantitative estimate of drug-likeness (QED) is 0.802. The van der Waals surface area contributed by atoms with Crippen molar-refractivity contribution in [1.82, 2.24) is 10.2 Å². The van der Waals surface area contributed by atoms with Crippen molar-refractivity contribution in [2.24, 2.45) is 11.8 Å². The summed E-state index contributed by atoms with van der Waals surface area (Å²) in [5, 5.41) is 12.3. The Balaban J connectivity index is 1.93. The number of amides is 1. The van der Waals surface area contributed by atoms with Gasteiger partial charge in [-0.05, 0) is 26.3 Å². The molecule has 2 N–H and O–H groups in total. The second-order valence-corrected chi connectivity index (χ2v) is 5.77. The van der Waals surface area contributed by atoms with Crippen LogP contribution in [-0.4, -0.2) is 54.4 Å². The molecular weight excluding hydrogens is 261 g/mol. The molecule has 1 heterocycles. The average molecular weight is 280 g/mol. The minimum Gasteiger partial charge on any atom is -0.388 e. The largest absolute Gasteiger partial charge is 0.393 e. The third kappa shape index (κ3) is 3.20. The highest BCUT2D eigenvalue weighted by Gasteiger charge is 2.51. The SMILES string of the molecule is CN1C[C@@H](C(F)(F)F)[C@H](C(=O)NCC2(O)CCC2)C1. The van der Waals surface area contributed by atoms with Crippen LogP contribution < -0.4 is 5.32 Å². The molecule has 2 atom stereocenters. The van der Waals surface area contributed by atoms with E-state index in [1.807, 2.05) is 0 Å². The van der Waals surface area contributed by atoms with Crippen LogP contribution >= 0.6 is 0 Å². The maximum Gasteiger partial charge on any atom is 0.393 e. The van der Waals surface area contributed by atoms with Crippen LogP contribution in [0.3, 0.4) is 0 Å². The van der Waals surface area contributed by atoms with Crippen molar-refractivity contribution in [3.8, 4) is 0 Å². The molecule has 4 nitrogen and oxygen atoms in total. The molecule has 0 radical (unpaired) electrons. The lowest BCUT2D eigenvalue weighted by atomic mass is 9.80. The number of carbonyl (C=O) groups excluding carboxylic acids is 1. The van der Waals surface area contributed by atoms with Crippen LogP contribution in [0, 0.1) is 11.8 Å². The standard InChI is InChI=1S/C12H19F3N2O2/c1-17-5-8(9(6-17)12(13,14)15)10(18)16-7-11(19)3-2-4-11/h8-9,19H,2-7H2,1H3,(H,16,18)/t8-,9-/m1/s1. The first-order valence-corrected chi connectivity index (χ1v) is 6.47. The molecule has 0 unspecified atom stereocenters. The van der Waals surface area contributed by atoms with Gasteiger partial charge in [-0.1, -0.05) is 0 Å². The lowest BCUT2D eigenvalue weighted by Gasteiger charge is -2.37. The van der Waals surface area contributed by atoms with Gasteiger partial charge in [0.05, 0.1) is 17.4 Å². The molecule has 2 aliphatic rings. The van der Waals surface area contributed by atoms with Crippen LogP contribution in [0.25, 0.3) is 0 Å². The molecule has 0 aromatic heterocycles. The van der Waals surface area contributed by atoms with E-state index in [9.17, 15) is 23.1 Å². The zero-order valence-electron chi connectivity index (χ0n) is 10.8. The first-order chi connectivity index (χ1) is 8.71. The molecule has 7 heteroatoms. The van der Waals surface area contributed by atoms with Gasteiger partial charge in [-0.15, -0.1) is 0 Å². The third-order valence-corrected chi connectivity index (χ3v) is 4.14. The Hall–Kier alpha value is -0.820. The summed E-state index contributed by atoms with van der Waals surface area (Å²) < 4.78 is 38.5. The molecule has 2 rings (SSSR count). The van der Waals surface area contributed by atoms with E-state index in [0.717, 1.165) is 6.42 Å². The monoisotopic (exact) mass is 280 g/mol. The smallest absolute Gasteiger partial charge is 0.388 e. The fourth-order valence-electron chi connectivity index (χ4n) is 2.74. The van der Waals surface area contributed by atoms with Crippen LogP contribution in [-0.2, 0) is 4.79 Å². The Bertz CT molecular complexity index is 355. The molecule has 110 valence electrons. The summed E-state index contributed by atoms with van der Waals surface area (Å²) in [5.74, 6) is -3.30. The van der Waals surface area contributed by atoms with Gasteiger partial charge in [-0.3, -0.25) is 4.79 Å². The van der Waals surface area contributed by atoms with Gasteiger partial charge in [-0.25, -0.2) is 0 Å². The number of nitrogens with one attached hydrogen (secondary N) is 1. The van der Waals surface area contributed by atoms with Crippen molar-refractivity contribution in [2.75, 3.05) is 26.7 Å².